The van der Waals surface area contributed by atoms with Crippen molar-refractivity contribution < 1.29 is 9.90 Å². The van der Waals surface area contributed by atoms with E-state index in [4.69, 9.17) is 0 Å². The van der Waals surface area contributed by atoms with Crippen LogP contribution in [0.4, 0.5) is 5.82 Å². The summed E-state index contributed by atoms with van der Waals surface area (Å²) in [5.74, 6) is 0.0492. The van der Waals surface area contributed by atoms with Crippen LogP contribution in [0.15, 0.2) is 6.07 Å². The van der Waals surface area contributed by atoms with E-state index in [9.17, 15) is 9.90 Å². The summed E-state index contributed by atoms with van der Waals surface area (Å²) in [6.07, 6.45) is 4.18. The van der Waals surface area contributed by atoms with E-state index in [2.05, 4.69) is 31.1 Å². The first-order valence-electron chi connectivity index (χ1n) is 7.01. The van der Waals surface area contributed by atoms with Gasteiger partial charge in [0, 0.05) is 11.7 Å². The van der Waals surface area contributed by atoms with E-state index in [0.29, 0.717) is 17.3 Å². The number of aryl methyl sites for hydroxylation is 2. The van der Waals surface area contributed by atoms with Gasteiger partial charge < -0.3 is 10.4 Å². The predicted molar refractivity (Wildman–Crippen MR) is 75.8 cm³/mol. The van der Waals surface area contributed by atoms with Gasteiger partial charge in [0.2, 0.25) is 0 Å². The Kier molecular flexibility index (Phi) is 4.08. The maximum Gasteiger partial charge on any atom is 0.339 e. The van der Waals surface area contributed by atoms with Gasteiger partial charge in [-0.05, 0) is 50.2 Å². The molecule has 1 unspecified atom stereocenters. The number of hydrogen-bond donors (Lipinski definition) is 2. The number of aromatic carboxylic acids is 1. The van der Waals surface area contributed by atoms with Crippen molar-refractivity contribution in [2.75, 3.05) is 5.32 Å². The van der Waals surface area contributed by atoms with Crippen molar-refractivity contribution in [1.82, 2.24) is 4.98 Å². The van der Waals surface area contributed by atoms with Crippen LogP contribution in [0.3, 0.4) is 0 Å². The fourth-order valence-corrected chi connectivity index (χ4v) is 2.29. The molecule has 1 atom stereocenters. The lowest BCUT2D eigenvalue weighted by atomic mass is 9.94. The highest BCUT2D eigenvalue weighted by atomic mass is 16.4. The first-order chi connectivity index (χ1) is 8.99. The molecule has 0 saturated carbocycles. The topological polar surface area (TPSA) is 62.2 Å². The summed E-state index contributed by atoms with van der Waals surface area (Å²) in [4.78, 5) is 15.9. The molecule has 4 nitrogen and oxygen atoms in total. The average molecular weight is 262 g/mol. The zero-order valence-corrected chi connectivity index (χ0v) is 11.9. The molecule has 2 rings (SSSR count). The van der Waals surface area contributed by atoms with Gasteiger partial charge in [-0.1, -0.05) is 13.8 Å². The van der Waals surface area contributed by atoms with Crippen molar-refractivity contribution in [2.45, 2.75) is 52.5 Å². The first-order valence-corrected chi connectivity index (χ1v) is 7.01. The van der Waals surface area contributed by atoms with Crippen molar-refractivity contribution in [3.63, 3.8) is 0 Å². The standard InChI is InChI=1S/C15H22N2O2/c1-9(2)10(3)16-14-12(15(18)19)8-11-6-4-5-7-13(11)17-14/h8-10H,4-7H2,1-3H3,(H,16,17)(H,18,19). The van der Waals surface area contributed by atoms with Crippen molar-refractivity contribution >= 4 is 11.8 Å². The maximum absolute atomic E-state index is 11.4. The molecule has 4 heteroatoms. The van der Waals surface area contributed by atoms with Gasteiger partial charge in [0.1, 0.15) is 11.4 Å². The number of aromatic nitrogens is 1. The number of nitrogens with one attached hydrogen (secondary N) is 1. The van der Waals surface area contributed by atoms with Gasteiger partial charge in [0.25, 0.3) is 0 Å². The lowest BCUT2D eigenvalue weighted by Gasteiger charge is -2.22. The van der Waals surface area contributed by atoms with E-state index >= 15 is 0 Å². The highest BCUT2D eigenvalue weighted by Gasteiger charge is 2.20. The number of carboxylic acids is 1. The second-order valence-electron chi connectivity index (χ2n) is 5.68. The Hall–Kier alpha value is -1.58. The minimum Gasteiger partial charge on any atom is -0.478 e. The lowest BCUT2D eigenvalue weighted by molar-refractivity contribution is 0.0697. The van der Waals surface area contributed by atoms with Gasteiger partial charge in [0.15, 0.2) is 0 Å². The zero-order valence-electron chi connectivity index (χ0n) is 11.9. The van der Waals surface area contributed by atoms with E-state index < -0.39 is 5.97 Å². The van der Waals surface area contributed by atoms with Crippen LogP contribution < -0.4 is 5.32 Å². The second kappa shape index (κ2) is 5.59. The third-order valence-corrected chi connectivity index (χ3v) is 3.90. The summed E-state index contributed by atoms with van der Waals surface area (Å²) >= 11 is 0. The predicted octanol–water partition coefficient (Wildman–Crippen LogP) is 3.12. The molecule has 0 radical (unpaired) electrons. The third-order valence-electron chi connectivity index (χ3n) is 3.90. The molecule has 0 fully saturated rings. The molecule has 0 amide bonds. The number of pyridine rings is 1. The molecule has 0 aromatic carbocycles. The van der Waals surface area contributed by atoms with Crippen LogP contribution in [-0.2, 0) is 12.8 Å². The molecule has 1 heterocycles. The van der Waals surface area contributed by atoms with Gasteiger partial charge in [-0.15, -0.1) is 0 Å². The maximum atomic E-state index is 11.4. The van der Waals surface area contributed by atoms with E-state index in [1.54, 1.807) is 6.07 Å². The molecular formula is C15H22N2O2. The molecular weight excluding hydrogens is 240 g/mol. The number of nitrogens with zero attached hydrogens (tertiary/aromatic N) is 1. The molecule has 104 valence electrons. The Morgan fingerprint density at radius 2 is 2.00 bits per heavy atom. The molecule has 0 bridgehead atoms. The highest BCUT2D eigenvalue weighted by Crippen LogP contribution is 2.25. The molecule has 19 heavy (non-hydrogen) atoms. The van der Waals surface area contributed by atoms with Crippen LogP contribution in [0.5, 0.6) is 0 Å². The van der Waals surface area contributed by atoms with Crippen LogP contribution in [-0.4, -0.2) is 22.1 Å². The molecule has 0 aliphatic heterocycles. The van der Waals surface area contributed by atoms with Gasteiger partial charge in [-0.25, -0.2) is 9.78 Å². The molecule has 2 N–H and O–H groups in total. The van der Waals surface area contributed by atoms with Crippen LogP contribution in [0.1, 0.15) is 55.2 Å². The zero-order chi connectivity index (χ0) is 14.0. The molecule has 1 aromatic heterocycles. The minimum atomic E-state index is -0.903. The molecule has 1 aliphatic carbocycles. The van der Waals surface area contributed by atoms with Crippen LogP contribution >= 0.6 is 0 Å². The summed E-state index contributed by atoms with van der Waals surface area (Å²) in [5.41, 5.74) is 2.47. The normalized spacial score (nSPS) is 16.0. The molecule has 0 saturated heterocycles. The molecule has 0 spiro atoms. The van der Waals surface area contributed by atoms with Crippen LogP contribution in [0.25, 0.3) is 0 Å². The third kappa shape index (κ3) is 3.06. The van der Waals surface area contributed by atoms with Gasteiger partial charge in [-0.2, -0.15) is 0 Å². The Morgan fingerprint density at radius 3 is 2.63 bits per heavy atom. The average Bonchev–Trinajstić information content (AvgIpc) is 2.37. The first kappa shape index (κ1) is 13.8. The lowest BCUT2D eigenvalue weighted by Crippen LogP contribution is -2.24. The summed E-state index contributed by atoms with van der Waals surface area (Å²) in [5, 5.41) is 12.6. The fraction of sp³-hybridized carbons (Fsp3) is 0.600. The largest absolute Gasteiger partial charge is 0.478 e. The van der Waals surface area contributed by atoms with E-state index in [1.807, 2.05) is 0 Å². The van der Waals surface area contributed by atoms with Crippen LogP contribution in [0, 0.1) is 5.92 Å². The minimum absolute atomic E-state index is 0.201. The van der Waals surface area contributed by atoms with E-state index in [1.165, 1.54) is 0 Å². The number of hydrogen-bond acceptors (Lipinski definition) is 3. The number of carboxylic acid groups (broad SMARTS) is 1. The summed E-state index contributed by atoms with van der Waals surface area (Å²) in [7, 11) is 0. The van der Waals surface area contributed by atoms with E-state index in [-0.39, 0.29) is 6.04 Å². The van der Waals surface area contributed by atoms with Crippen molar-refractivity contribution in [3.8, 4) is 0 Å². The van der Waals surface area contributed by atoms with Crippen molar-refractivity contribution in [1.29, 1.82) is 0 Å². The summed E-state index contributed by atoms with van der Waals surface area (Å²) in [6, 6.07) is 2.01. The van der Waals surface area contributed by atoms with Gasteiger partial charge in [0.05, 0.1) is 0 Å². The van der Waals surface area contributed by atoms with E-state index in [0.717, 1.165) is 36.9 Å². The van der Waals surface area contributed by atoms with Crippen molar-refractivity contribution in [3.05, 3.63) is 22.9 Å². The monoisotopic (exact) mass is 262 g/mol. The Bertz CT molecular complexity index is 483. The summed E-state index contributed by atoms with van der Waals surface area (Å²) in [6.45, 7) is 6.27. The van der Waals surface area contributed by atoms with Crippen LogP contribution in [0.2, 0.25) is 0 Å². The van der Waals surface area contributed by atoms with Gasteiger partial charge in [-0.3, -0.25) is 0 Å². The second-order valence-corrected chi connectivity index (χ2v) is 5.68. The van der Waals surface area contributed by atoms with Crippen molar-refractivity contribution in [2.24, 2.45) is 5.92 Å². The highest BCUT2D eigenvalue weighted by molar-refractivity contribution is 5.93. The number of carbonyl (C=O) groups is 1. The van der Waals surface area contributed by atoms with Gasteiger partial charge >= 0.3 is 5.97 Å². The SMILES string of the molecule is CC(C)C(C)Nc1nc2c(cc1C(=O)O)CCCC2. The summed E-state index contributed by atoms with van der Waals surface area (Å²) < 4.78 is 0. The number of rotatable bonds is 4. The molecule has 1 aromatic rings. The Morgan fingerprint density at radius 1 is 1.32 bits per heavy atom. The number of fused-ring (bicyclic) bond motifs is 1. The fourth-order valence-electron chi connectivity index (χ4n) is 2.29. The smallest absolute Gasteiger partial charge is 0.339 e. The molecule has 1 aliphatic rings. The number of anilines is 1. The Labute approximate surface area is 114 Å². The quantitative estimate of drug-likeness (QED) is 0.875. The Balaban J connectivity index is 2.37.